The summed E-state index contributed by atoms with van der Waals surface area (Å²) in [5.74, 6) is -2.56. The molecule has 1 aliphatic rings. The molecule has 5 heteroatoms. The maximum absolute atomic E-state index is 11.6. The molecule has 0 aromatic heterocycles. The van der Waals surface area contributed by atoms with Crippen molar-refractivity contribution in [3.8, 4) is 0 Å². The number of aliphatic hydroxyl groups is 1. The van der Waals surface area contributed by atoms with Gasteiger partial charge in [0.1, 0.15) is 0 Å². The van der Waals surface area contributed by atoms with Gasteiger partial charge >= 0.3 is 5.97 Å². The second kappa shape index (κ2) is 4.18. The Balaban J connectivity index is 2.50. The minimum Gasteiger partial charge on any atom is -0.481 e. The third kappa shape index (κ3) is 2.68. The average molecular weight is 215 g/mol. The second-order valence-corrected chi connectivity index (χ2v) is 4.34. The van der Waals surface area contributed by atoms with Crippen LogP contribution >= 0.6 is 0 Å². The lowest BCUT2D eigenvalue weighted by molar-refractivity contribution is -0.146. The summed E-state index contributed by atoms with van der Waals surface area (Å²) in [5.41, 5.74) is -0.469. The van der Waals surface area contributed by atoms with Gasteiger partial charge in [-0.25, -0.2) is 0 Å². The molecule has 1 rings (SSSR count). The van der Waals surface area contributed by atoms with Gasteiger partial charge in [0.25, 0.3) is 0 Å². The molecule has 86 valence electrons. The lowest BCUT2D eigenvalue weighted by atomic mass is 9.95. The van der Waals surface area contributed by atoms with Crippen LogP contribution in [0.15, 0.2) is 0 Å². The van der Waals surface area contributed by atoms with Gasteiger partial charge in [-0.1, -0.05) is 13.8 Å². The van der Waals surface area contributed by atoms with E-state index in [4.69, 9.17) is 10.2 Å². The van der Waals surface area contributed by atoms with Crippen molar-refractivity contribution in [3.05, 3.63) is 0 Å². The number of carbonyl (C=O) groups is 2. The quantitative estimate of drug-likeness (QED) is 0.601. The highest BCUT2D eigenvalue weighted by atomic mass is 16.4. The molecule has 15 heavy (non-hydrogen) atoms. The van der Waals surface area contributed by atoms with Gasteiger partial charge in [0.05, 0.1) is 18.1 Å². The van der Waals surface area contributed by atoms with Crippen LogP contribution in [0.4, 0.5) is 0 Å². The molecule has 5 nitrogen and oxygen atoms in total. The van der Waals surface area contributed by atoms with E-state index < -0.39 is 23.3 Å². The number of aliphatic carboxylic acids is 1. The standard InChI is InChI=1S/C10H17NO4/c1-6(7(2)9(14)15)8(13)11-10(5-12)3-4-10/h6-7,12H,3-5H2,1-2H3,(H,11,13)(H,14,15). The summed E-state index contributed by atoms with van der Waals surface area (Å²) in [7, 11) is 0. The molecule has 2 atom stereocenters. The second-order valence-electron chi connectivity index (χ2n) is 4.34. The van der Waals surface area contributed by atoms with E-state index in [-0.39, 0.29) is 12.5 Å². The number of hydrogen-bond donors (Lipinski definition) is 3. The van der Waals surface area contributed by atoms with Gasteiger partial charge in [-0.2, -0.15) is 0 Å². The van der Waals surface area contributed by atoms with Gasteiger partial charge in [0.15, 0.2) is 0 Å². The molecule has 0 radical (unpaired) electrons. The highest BCUT2D eigenvalue weighted by molar-refractivity contribution is 5.84. The van der Waals surface area contributed by atoms with Gasteiger partial charge in [-0.05, 0) is 12.8 Å². The first-order chi connectivity index (χ1) is 6.92. The van der Waals surface area contributed by atoms with Crippen molar-refractivity contribution in [3.63, 3.8) is 0 Å². The molecule has 1 saturated carbocycles. The summed E-state index contributed by atoms with van der Waals surface area (Å²) in [6, 6.07) is 0. The number of amides is 1. The summed E-state index contributed by atoms with van der Waals surface area (Å²) in [4.78, 5) is 22.3. The maximum Gasteiger partial charge on any atom is 0.307 e. The number of carboxylic acid groups (broad SMARTS) is 1. The first kappa shape index (κ1) is 12.0. The molecule has 1 amide bonds. The first-order valence-electron chi connectivity index (χ1n) is 5.07. The summed E-state index contributed by atoms with van der Waals surface area (Å²) < 4.78 is 0. The van der Waals surface area contributed by atoms with E-state index in [1.807, 2.05) is 0 Å². The van der Waals surface area contributed by atoms with E-state index in [0.29, 0.717) is 0 Å². The van der Waals surface area contributed by atoms with E-state index in [0.717, 1.165) is 12.8 Å². The summed E-state index contributed by atoms with van der Waals surface area (Å²) in [6.45, 7) is 3.01. The molecule has 0 spiro atoms. The maximum atomic E-state index is 11.6. The van der Waals surface area contributed by atoms with Crippen molar-refractivity contribution < 1.29 is 19.8 Å². The van der Waals surface area contributed by atoms with Gasteiger partial charge in [0.2, 0.25) is 5.91 Å². The zero-order valence-electron chi connectivity index (χ0n) is 8.99. The van der Waals surface area contributed by atoms with Crippen LogP contribution in [0, 0.1) is 11.8 Å². The summed E-state index contributed by atoms with van der Waals surface area (Å²) in [5, 5.41) is 20.4. The minimum atomic E-state index is -0.980. The Bertz CT molecular complexity index is 273. The molecule has 0 heterocycles. The van der Waals surface area contributed by atoms with Gasteiger partial charge in [-0.3, -0.25) is 9.59 Å². The highest BCUT2D eigenvalue weighted by Gasteiger charge is 2.44. The van der Waals surface area contributed by atoms with Gasteiger partial charge < -0.3 is 15.5 Å². The Kier molecular flexibility index (Phi) is 3.34. The fraction of sp³-hybridized carbons (Fsp3) is 0.800. The predicted molar refractivity (Wildman–Crippen MR) is 53.2 cm³/mol. The third-order valence-corrected chi connectivity index (χ3v) is 3.10. The van der Waals surface area contributed by atoms with E-state index in [1.165, 1.54) is 6.92 Å². The van der Waals surface area contributed by atoms with Crippen molar-refractivity contribution >= 4 is 11.9 Å². The van der Waals surface area contributed by atoms with Gasteiger partial charge in [0, 0.05) is 5.92 Å². The fourth-order valence-electron chi connectivity index (χ4n) is 1.29. The fourth-order valence-corrected chi connectivity index (χ4v) is 1.29. The molecule has 0 aliphatic heterocycles. The topological polar surface area (TPSA) is 86.6 Å². The average Bonchev–Trinajstić information content (AvgIpc) is 2.96. The zero-order chi connectivity index (χ0) is 11.6. The monoisotopic (exact) mass is 215 g/mol. The molecule has 3 N–H and O–H groups in total. The largest absolute Gasteiger partial charge is 0.481 e. The van der Waals surface area contributed by atoms with Crippen molar-refractivity contribution in [2.45, 2.75) is 32.2 Å². The van der Waals surface area contributed by atoms with Crippen LogP contribution < -0.4 is 5.32 Å². The van der Waals surface area contributed by atoms with E-state index in [2.05, 4.69) is 5.32 Å². The molecule has 0 aromatic rings. The zero-order valence-corrected chi connectivity index (χ0v) is 8.99. The van der Waals surface area contributed by atoms with Crippen LogP contribution in [-0.4, -0.2) is 34.2 Å². The third-order valence-electron chi connectivity index (χ3n) is 3.10. The first-order valence-corrected chi connectivity index (χ1v) is 5.07. The number of nitrogens with one attached hydrogen (secondary N) is 1. The normalized spacial score (nSPS) is 21.5. The number of hydrogen-bond acceptors (Lipinski definition) is 3. The van der Waals surface area contributed by atoms with Crippen LogP contribution in [0.1, 0.15) is 26.7 Å². The molecule has 1 aliphatic carbocycles. The minimum absolute atomic E-state index is 0.0765. The van der Waals surface area contributed by atoms with Crippen LogP contribution in [0.5, 0.6) is 0 Å². The number of carbonyl (C=O) groups excluding carboxylic acids is 1. The number of rotatable bonds is 5. The van der Waals surface area contributed by atoms with E-state index in [1.54, 1.807) is 6.92 Å². The van der Waals surface area contributed by atoms with Crippen molar-refractivity contribution in [2.75, 3.05) is 6.61 Å². The van der Waals surface area contributed by atoms with Crippen LogP contribution in [0.2, 0.25) is 0 Å². The lowest BCUT2D eigenvalue weighted by Gasteiger charge is -2.20. The highest BCUT2D eigenvalue weighted by Crippen LogP contribution is 2.35. The molecular formula is C10H17NO4. The molecule has 2 unspecified atom stereocenters. The molecule has 0 saturated heterocycles. The Labute approximate surface area is 88.5 Å². The van der Waals surface area contributed by atoms with Crippen LogP contribution in [0.3, 0.4) is 0 Å². The Morgan fingerprint density at radius 2 is 1.87 bits per heavy atom. The predicted octanol–water partition coefficient (Wildman–Crippen LogP) is -0.0157. The molecule has 1 fully saturated rings. The van der Waals surface area contributed by atoms with Gasteiger partial charge in [-0.15, -0.1) is 0 Å². The Morgan fingerprint density at radius 3 is 2.20 bits per heavy atom. The van der Waals surface area contributed by atoms with Crippen LogP contribution in [0.25, 0.3) is 0 Å². The Morgan fingerprint density at radius 1 is 1.33 bits per heavy atom. The van der Waals surface area contributed by atoms with Crippen LogP contribution in [-0.2, 0) is 9.59 Å². The Hall–Kier alpha value is -1.10. The summed E-state index contributed by atoms with van der Waals surface area (Å²) in [6.07, 6.45) is 1.53. The lowest BCUT2D eigenvalue weighted by Crippen LogP contribution is -2.44. The molecule has 0 bridgehead atoms. The molecule has 0 aromatic carbocycles. The van der Waals surface area contributed by atoms with E-state index >= 15 is 0 Å². The van der Waals surface area contributed by atoms with Crippen molar-refractivity contribution in [1.29, 1.82) is 0 Å². The van der Waals surface area contributed by atoms with Crippen molar-refractivity contribution in [1.82, 2.24) is 5.32 Å². The summed E-state index contributed by atoms with van der Waals surface area (Å²) >= 11 is 0. The molecular weight excluding hydrogens is 198 g/mol. The number of aliphatic hydroxyl groups excluding tert-OH is 1. The van der Waals surface area contributed by atoms with E-state index in [9.17, 15) is 9.59 Å². The number of carboxylic acids is 1. The smallest absolute Gasteiger partial charge is 0.307 e. The van der Waals surface area contributed by atoms with Crippen molar-refractivity contribution in [2.24, 2.45) is 11.8 Å². The SMILES string of the molecule is CC(C(=O)O)C(C)C(=O)NC1(CO)CC1.